The molecule has 0 unspecified atom stereocenters. The maximum atomic E-state index is 13.7. The summed E-state index contributed by atoms with van der Waals surface area (Å²) >= 11 is 0. The van der Waals surface area contributed by atoms with E-state index in [1.165, 1.54) is 0 Å². The Bertz CT molecular complexity index is 682. The highest BCUT2D eigenvalue weighted by atomic mass is 19.2. The summed E-state index contributed by atoms with van der Waals surface area (Å²) in [5.74, 6) is -5.13. The van der Waals surface area contributed by atoms with Crippen molar-refractivity contribution in [1.29, 1.82) is 0 Å². The monoisotopic (exact) mass is 368 g/mol. The van der Waals surface area contributed by atoms with Crippen LogP contribution in [0.1, 0.15) is 51.4 Å². The summed E-state index contributed by atoms with van der Waals surface area (Å²) in [5.41, 5.74) is -0.366. The Morgan fingerprint density at radius 1 is 0.808 bits per heavy atom. The lowest BCUT2D eigenvalue weighted by Crippen LogP contribution is -2.39. The molecule has 0 heterocycles. The Balaban J connectivity index is 1.50. The number of nitrogens with one attached hydrogen (secondary N) is 2. The van der Waals surface area contributed by atoms with Crippen LogP contribution in [0.5, 0.6) is 0 Å². The van der Waals surface area contributed by atoms with Gasteiger partial charge in [0.2, 0.25) is 11.8 Å². The molecule has 0 aliphatic heterocycles. The van der Waals surface area contributed by atoms with E-state index in [0.29, 0.717) is 25.7 Å². The molecule has 2 saturated carbocycles. The van der Waals surface area contributed by atoms with Crippen molar-refractivity contribution in [2.24, 2.45) is 11.8 Å². The number of halogens is 3. The van der Waals surface area contributed by atoms with E-state index in [4.69, 9.17) is 0 Å². The predicted octanol–water partition coefficient (Wildman–Crippen LogP) is 3.91. The Hall–Kier alpha value is -2.05. The van der Waals surface area contributed by atoms with Gasteiger partial charge >= 0.3 is 0 Å². The molecular formula is C19H23F3N2O2. The van der Waals surface area contributed by atoms with E-state index in [0.717, 1.165) is 37.8 Å². The zero-order chi connectivity index (χ0) is 18.7. The van der Waals surface area contributed by atoms with E-state index >= 15 is 0 Å². The third-order valence-electron chi connectivity index (χ3n) is 5.46. The molecule has 2 N–H and O–H groups in total. The van der Waals surface area contributed by atoms with Crippen molar-refractivity contribution >= 4 is 17.5 Å². The molecule has 2 aliphatic carbocycles. The summed E-state index contributed by atoms with van der Waals surface area (Å²) in [6.07, 6.45) is 6.58. The molecule has 1 aromatic carbocycles. The normalized spacial score (nSPS) is 23.7. The van der Waals surface area contributed by atoms with Gasteiger partial charge in [0.15, 0.2) is 17.5 Å². The molecule has 3 rings (SSSR count). The van der Waals surface area contributed by atoms with Crippen molar-refractivity contribution in [1.82, 2.24) is 5.32 Å². The number of anilines is 1. The molecule has 0 bridgehead atoms. The minimum atomic E-state index is -1.60. The Labute approximate surface area is 150 Å². The van der Waals surface area contributed by atoms with E-state index in [9.17, 15) is 22.8 Å². The van der Waals surface area contributed by atoms with Crippen molar-refractivity contribution in [3.63, 3.8) is 0 Å². The summed E-state index contributed by atoms with van der Waals surface area (Å²) in [5, 5.41) is 5.41. The van der Waals surface area contributed by atoms with Crippen molar-refractivity contribution in [3.05, 3.63) is 29.6 Å². The maximum absolute atomic E-state index is 13.7. The zero-order valence-corrected chi connectivity index (χ0v) is 14.5. The van der Waals surface area contributed by atoms with E-state index in [-0.39, 0.29) is 29.5 Å². The molecule has 0 spiro atoms. The van der Waals surface area contributed by atoms with Gasteiger partial charge in [-0.15, -0.1) is 0 Å². The minimum Gasteiger partial charge on any atom is -0.353 e. The second kappa shape index (κ2) is 8.10. The smallest absolute Gasteiger partial charge is 0.227 e. The van der Waals surface area contributed by atoms with Crippen LogP contribution in [-0.4, -0.2) is 17.9 Å². The van der Waals surface area contributed by atoms with E-state index in [2.05, 4.69) is 10.6 Å². The Kier molecular flexibility index (Phi) is 5.84. The van der Waals surface area contributed by atoms with Gasteiger partial charge < -0.3 is 10.6 Å². The average Bonchev–Trinajstić information content (AvgIpc) is 3.15. The first-order valence-corrected chi connectivity index (χ1v) is 9.20. The molecule has 0 aromatic heterocycles. The van der Waals surface area contributed by atoms with E-state index in [1.54, 1.807) is 0 Å². The summed E-state index contributed by atoms with van der Waals surface area (Å²) in [7, 11) is 0. The van der Waals surface area contributed by atoms with Crippen molar-refractivity contribution < 1.29 is 22.8 Å². The summed E-state index contributed by atoms with van der Waals surface area (Å²) in [6, 6.07) is 2.06. The van der Waals surface area contributed by atoms with Crippen molar-refractivity contribution in [2.45, 2.75) is 57.4 Å². The second-order valence-corrected chi connectivity index (χ2v) is 7.25. The van der Waals surface area contributed by atoms with Crippen LogP contribution in [0, 0.1) is 29.3 Å². The molecule has 2 amide bonds. The number of carbonyl (C=O) groups is 2. The molecule has 142 valence electrons. The molecule has 2 aliphatic rings. The van der Waals surface area contributed by atoms with Gasteiger partial charge in [-0.1, -0.05) is 12.8 Å². The van der Waals surface area contributed by atoms with Crippen LogP contribution in [-0.2, 0) is 9.59 Å². The molecule has 0 saturated heterocycles. The lowest BCUT2D eigenvalue weighted by Gasteiger charge is -2.28. The van der Waals surface area contributed by atoms with E-state index < -0.39 is 23.4 Å². The summed E-state index contributed by atoms with van der Waals surface area (Å²) in [4.78, 5) is 24.6. The Morgan fingerprint density at radius 2 is 1.38 bits per heavy atom. The van der Waals surface area contributed by atoms with Crippen LogP contribution in [0.25, 0.3) is 0 Å². The molecule has 26 heavy (non-hydrogen) atoms. The minimum absolute atomic E-state index is 0.0578. The second-order valence-electron chi connectivity index (χ2n) is 7.25. The van der Waals surface area contributed by atoms with Gasteiger partial charge in [0, 0.05) is 17.9 Å². The van der Waals surface area contributed by atoms with Crippen LogP contribution in [0.3, 0.4) is 0 Å². The van der Waals surface area contributed by atoms with Gasteiger partial charge in [-0.05, 0) is 50.7 Å². The molecule has 1 aromatic rings. The fraction of sp³-hybridized carbons (Fsp3) is 0.579. The predicted molar refractivity (Wildman–Crippen MR) is 90.8 cm³/mol. The van der Waals surface area contributed by atoms with Gasteiger partial charge in [0.1, 0.15) is 0 Å². The molecule has 0 atom stereocenters. The molecular weight excluding hydrogens is 345 g/mol. The standard InChI is InChI=1S/C19H23F3N2O2/c20-14-9-10-15(17(22)16(14)21)24-19(26)12-7-5-11(6-8-12)18(25)23-13-3-1-2-4-13/h9-13H,1-8H2,(H,23,25)(H,24,26). The van der Waals surface area contributed by atoms with Crippen LogP contribution < -0.4 is 10.6 Å². The molecule has 7 heteroatoms. The Morgan fingerprint density at radius 3 is 2.00 bits per heavy atom. The number of hydrogen-bond acceptors (Lipinski definition) is 2. The highest BCUT2D eigenvalue weighted by molar-refractivity contribution is 5.93. The first-order valence-electron chi connectivity index (χ1n) is 9.20. The van der Waals surface area contributed by atoms with Gasteiger partial charge in [-0.2, -0.15) is 0 Å². The largest absolute Gasteiger partial charge is 0.353 e. The zero-order valence-electron chi connectivity index (χ0n) is 14.5. The quantitative estimate of drug-likeness (QED) is 0.792. The highest BCUT2D eigenvalue weighted by Gasteiger charge is 2.31. The lowest BCUT2D eigenvalue weighted by molar-refractivity contribution is -0.129. The number of benzene rings is 1. The first kappa shape index (κ1) is 18.7. The molecule has 4 nitrogen and oxygen atoms in total. The topological polar surface area (TPSA) is 58.2 Å². The van der Waals surface area contributed by atoms with Gasteiger partial charge in [0.05, 0.1) is 5.69 Å². The van der Waals surface area contributed by atoms with Gasteiger partial charge in [-0.3, -0.25) is 9.59 Å². The number of amides is 2. The van der Waals surface area contributed by atoms with E-state index in [1.807, 2.05) is 0 Å². The fourth-order valence-corrected chi connectivity index (χ4v) is 3.86. The average molecular weight is 368 g/mol. The lowest BCUT2D eigenvalue weighted by atomic mass is 9.81. The highest BCUT2D eigenvalue weighted by Crippen LogP contribution is 2.31. The van der Waals surface area contributed by atoms with Gasteiger partial charge in [0.25, 0.3) is 0 Å². The third-order valence-corrected chi connectivity index (χ3v) is 5.46. The summed E-state index contributed by atoms with van der Waals surface area (Å²) in [6.45, 7) is 0. The number of hydrogen-bond donors (Lipinski definition) is 2. The van der Waals surface area contributed by atoms with Crippen molar-refractivity contribution in [3.8, 4) is 0 Å². The fourth-order valence-electron chi connectivity index (χ4n) is 3.86. The van der Waals surface area contributed by atoms with Crippen LogP contribution in [0.15, 0.2) is 12.1 Å². The number of rotatable bonds is 4. The van der Waals surface area contributed by atoms with Crippen LogP contribution >= 0.6 is 0 Å². The number of carbonyl (C=O) groups excluding carboxylic acids is 2. The first-order chi connectivity index (χ1) is 12.5. The van der Waals surface area contributed by atoms with Crippen molar-refractivity contribution in [2.75, 3.05) is 5.32 Å². The summed E-state index contributed by atoms with van der Waals surface area (Å²) < 4.78 is 39.9. The molecule has 2 fully saturated rings. The molecule has 0 radical (unpaired) electrons. The maximum Gasteiger partial charge on any atom is 0.227 e. The van der Waals surface area contributed by atoms with Gasteiger partial charge in [-0.25, -0.2) is 13.2 Å². The van der Waals surface area contributed by atoms with Crippen LogP contribution in [0.4, 0.5) is 18.9 Å². The van der Waals surface area contributed by atoms with Crippen LogP contribution in [0.2, 0.25) is 0 Å². The SMILES string of the molecule is O=C(Nc1ccc(F)c(F)c1F)C1CCC(C(=O)NC2CCCC2)CC1. The third kappa shape index (κ3) is 4.19.